The van der Waals surface area contributed by atoms with Crippen molar-refractivity contribution in [1.29, 1.82) is 0 Å². The maximum Gasteiger partial charge on any atom is 0.306 e. The minimum absolute atomic E-state index is 0.0209. The van der Waals surface area contributed by atoms with Gasteiger partial charge in [0.15, 0.2) is 0 Å². The van der Waals surface area contributed by atoms with E-state index in [-0.39, 0.29) is 12.0 Å². The quantitative estimate of drug-likeness (QED) is 0.636. The highest BCUT2D eigenvalue weighted by molar-refractivity contribution is 7.99. The number of thioether (sulfide) groups is 1. The molecule has 0 spiro atoms. The highest BCUT2D eigenvalue weighted by atomic mass is 32.2. The number of aryl methyl sites for hydroxylation is 2. The summed E-state index contributed by atoms with van der Waals surface area (Å²) in [6, 6.07) is 6.35. The van der Waals surface area contributed by atoms with Crippen molar-refractivity contribution in [3.8, 4) is 0 Å². The molecule has 0 fully saturated rings. The molecule has 0 aliphatic carbocycles. The summed E-state index contributed by atoms with van der Waals surface area (Å²) in [5, 5.41) is 0. The van der Waals surface area contributed by atoms with Crippen LogP contribution in [0.2, 0.25) is 0 Å². The number of hydrogen-bond donors (Lipinski definition) is 1. The predicted molar refractivity (Wildman–Crippen MR) is 76.8 cm³/mol. The summed E-state index contributed by atoms with van der Waals surface area (Å²) < 4.78 is 4.59. The van der Waals surface area contributed by atoms with E-state index in [0.29, 0.717) is 6.42 Å². The Balaban J connectivity index is 2.43. The van der Waals surface area contributed by atoms with Crippen molar-refractivity contribution >= 4 is 17.7 Å². The SMILES string of the molecule is COC(=O)CCSCC(N)c1cc(C)ccc1C. The summed E-state index contributed by atoms with van der Waals surface area (Å²) in [5.41, 5.74) is 9.82. The molecule has 0 saturated heterocycles. The Labute approximate surface area is 113 Å². The molecule has 0 amide bonds. The molecule has 2 N–H and O–H groups in total. The molecule has 0 aromatic heterocycles. The van der Waals surface area contributed by atoms with Gasteiger partial charge in [-0.25, -0.2) is 0 Å². The van der Waals surface area contributed by atoms with Gasteiger partial charge in [-0.1, -0.05) is 23.8 Å². The fourth-order valence-electron chi connectivity index (χ4n) is 1.72. The number of benzene rings is 1. The van der Waals surface area contributed by atoms with E-state index in [9.17, 15) is 4.79 Å². The first kappa shape index (κ1) is 15.1. The van der Waals surface area contributed by atoms with Gasteiger partial charge in [0.2, 0.25) is 0 Å². The van der Waals surface area contributed by atoms with Gasteiger partial charge in [0.25, 0.3) is 0 Å². The molecule has 0 saturated carbocycles. The van der Waals surface area contributed by atoms with Gasteiger partial charge in [0.05, 0.1) is 13.5 Å². The van der Waals surface area contributed by atoms with E-state index < -0.39 is 0 Å². The Morgan fingerprint density at radius 2 is 2.17 bits per heavy atom. The van der Waals surface area contributed by atoms with Crippen LogP contribution in [0.25, 0.3) is 0 Å². The Kier molecular flexibility index (Phi) is 6.22. The van der Waals surface area contributed by atoms with Crippen LogP contribution in [0.4, 0.5) is 0 Å². The minimum atomic E-state index is -0.164. The molecule has 1 aromatic rings. The number of ether oxygens (including phenoxy) is 1. The zero-order chi connectivity index (χ0) is 13.5. The molecule has 4 heteroatoms. The average Bonchev–Trinajstić information content (AvgIpc) is 2.36. The third-order valence-electron chi connectivity index (χ3n) is 2.81. The fourth-order valence-corrected chi connectivity index (χ4v) is 2.63. The third kappa shape index (κ3) is 4.70. The summed E-state index contributed by atoms with van der Waals surface area (Å²) in [7, 11) is 1.41. The van der Waals surface area contributed by atoms with Crippen LogP contribution in [-0.2, 0) is 9.53 Å². The Hall–Kier alpha value is -1.00. The molecule has 100 valence electrons. The van der Waals surface area contributed by atoms with Crippen molar-refractivity contribution in [1.82, 2.24) is 0 Å². The lowest BCUT2D eigenvalue weighted by molar-refractivity contribution is -0.140. The highest BCUT2D eigenvalue weighted by Gasteiger charge is 2.09. The average molecular weight is 267 g/mol. The number of carbonyl (C=O) groups is 1. The molecule has 0 radical (unpaired) electrons. The van der Waals surface area contributed by atoms with Crippen LogP contribution < -0.4 is 5.73 Å². The van der Waals surface area contributed by atoms with Crippen LogP contribution in [0.3, 0.4) is 0 Å². The molecule has 18 heavy (non-hydrogen) atoms. The topological polar surface area (TPSA) is 52.3 Å². The summed E-state index contributed by atoms with van der Waals surface area (Å²) in [6.07, 6.45) is 0.445. The van der Waals surface area contributed by atoms with Crippen molar-refractivity contribution in [2.45, 2.75) is 26.3 Å². The Bertz CT molecular complexity index is 407. The molecule has 0 aliphatic rings. The first-order chi connectivity index (χ1) is 8.54. The van der Waals surface area contributed by atoms with E-state index in [1.54, 1.807) is 11.8 Å². The zero-order valence-electron chi connectivity index (χ0n) is 11.2. The second kappa shape index (κ2) is 7.44. The van der Waals surface area contributed by atoms with Crippen molar-refractivity contribution < 1.29 is 9.53 Å². The lowest BCUT2D eigenvalue weighted by Gasteiger charge is -2.15. The standard InChI is InChI=1S/C14H21NO2S/c1-10-4-5-11(2)12(8-10)13(15)9-18-7-6-14(16)17-3/h4-5,8,13H,6-7,9,15H2,1-3H3. The fraction of sp³-hybridized carbons (Fsp3) is 0.500. The highest BCUT2D eigenvalue weighted by Crippen LogP contribution is 2.21. The summed E-state index contributed by atoms with van der Waals surface area (Å²) in [6.45, 7) is 4.15. The molecule has 1 rings (SSSR count). The van der Waals surface area contributed by atoms with Crippen LogP contribution in [0, 0.1) is 13.8 Å². The smallest absolute Gasteiger partial charge is 0.306 e. The van der Waals surface area contributed by atoms with Gasteiger partial charge in [-0.15, -0.1) is 0 Å². The van der Waals surface area contributed by atoms with Crippen LogP contribution in [-0.4, -0.2) is 24.6 Å². The lowest BCUT2D eigenvalue weighted by Crippen LogP contribution is -2.15. The van der Waals surface area contributed by atoms with Crippen LogP contribution in [0.15, 0.2) is 18.2 Å². The van der Waals surface area contributed by atoms with Gasteiger partial charge in [-0.3, -0.25) is 4.79 Å². The molecule has 1 aromatic carbocycles. The molecule has 0 aliphatic heterocycles. The van der Waals surface area contributed by atoms with Gasteiger partial charge in [-0.05, 0) is 25.0 Å². The van der Waals surface area contributed by atoms with Gasteiger partial charge in [-0.2, -0.15) is 11.8 Å². The lowest BCUT2D eigenvalue weighted by atomic mass is 10.0. The van der Waals surface area contributed by atoms with Crippen LogP contribution in [0.1, 0.15) is 29.2 Å². The first-order valence-electron chi connectivity index (χ1n) is 6.02. The summed E-state index contributed by atoms with van der Waals surface area (Å²) in [5.74, 6) is 1.41. The van der Waals surface area contributed by atoms with E-state index in [4.69, 9.17) is 5.73 Å². The zero-order valence-corrected chi connectivity index (χ0v) is 12.0. The second-order valence-electron chi connectivity index (χ2n) is 4.37. The number of hydrogen-bond acceptors (Lipinski definition) is 4. The third-order valence-corrected chi connectivity index (χ3v) is 3.90. The van der Waals surface area contributed by atoms with E-state index >= 15 is 0 Å². The molecule has 1 atom stereocenters. The van der Waals surface area contributed by atoms with E-state index in [1.165, 1.54) is 23.8 Å². The van der Waals surface area contributed by atoms with Crippen LogP contribution >= 0.6 is 11.8 Å². The monoisotopic (exact) mass is 267 g/mol. The number of rotatable bonds is 6. The first-order valence-corrected chi connectivity index (χ1v) is 7.17. The molecule has 0 heterocycles. The van der Waals surface area contributed by atoms with Gasteiger partial charge in [0, 0.05) is 17.5 Å². The van der Waals surface area contributed by atoms with Crippen LogP contribution in [0.5, 0.6) is 0 Å². The van der Waals surface area contributed by atoms with Crippen molar-refractivity contribution in [3.63, 3.8) is 0 Å². The summed E-state index contributed by atoms with van der Waals surface area (Å²) in [4.78, 5) is 11.0. The number of nitrogens with two attached hydrogens (primary N) is 1. The predicted octanol–water partition coefficient (Wildman–Crippen LogP) is 2.60. The molecule has 1 unspecified atom stereocenters. The Morgan fingerprint density at radius 1 is 1.44 bits per heavy atom. The van der Waals surface area contributed by atoms with E-state index in [1.807, 2.05) is 0 Å². The largest absolute Gasteiger partial charge is 0.469 e. The van der Waals surface area contributed by atoms with E-state index in [0.717, 1.165) is 11.5 Å². The molecular formula is C14H21NO2S. The van der Waals surface area contributed by atoms with Gasteiger partial charge >= 0.3 is 5.97 Å². The molecular weight excluding hydrogens is 246 g/mol. The number of carbonyl (C=O) groups excluding carboxylic acids is 1. The van der Waals surface area contributed by atoms with Crippen molar-refractivity contribution in [2.24, 2.45) is 5.73 Å². The maximum atomic E-state index is 11.0. The molecule has 0 bridgehead atoms. The normalized spacial score (nSPS) is 12.2. The second-order valence-corrected chi connectivity index (χ2v) is 5.52. The summed E-state index contributed by atoms with van der Waals surface area (Å²) >= 11 is 1.69. The maximum absolute atomic E-state index is 11.0. The minimum Gasteiger partial charge on any atom is -0.469 e. The molecule has 3 nitrogen and oxygen atoms in total. The number of esters is 1. The van der Waals surface area contributed by atoms with Gasteiger partial charge < -0.3 is 10.5 Å². The Morgan fingerprint density at radius 3 is 2.83 bits per heavy atom. The van der Waals surface area contributed by atoms with Crippen molar-refractivity contribution in [2.75, 3.05) is 18.6 Å². The van der Waals surface area contributed by atoms with Crippen molar-refractivity contribution in [3.05, 3.63) is 34.9 Å². The van der Waals surface area contributed by atoms with Gasteiger partial charge in [0.1, 0.15) is 0 Å². The number of methoxy groups -OCH3 is 1. The van der Waals surface area contributed by atoms with E-state index in [2.05, 4.69) is 36.8 Å².